The van der Waals surface area contributed by atoms with Crippen molar-refractivity contribution in [3.63, 3.8) is 0 Å². The number of hydrogen-bond donors (Lipinski definition) is 1. The molecular formula is C11H22N2O2. The second kappa shape index (κ2) is 6.80. The molecule has 0 radical (unpaired) electrons. The Morgan fingerprint density at radius 2 is 2.40 bits per heavy atom. The van der Waals surface area contributed by atoms with Gasteiger partial charge in [-0.1, -0.05) is 6.92 Å². The SMILES string of the molecule is COCCCN1CC(C)CNCCC1=O. The number of nitrogens with zero attached hydrogens (tertiary/aromatic N) is 1. The van der Waals surface area contributed by atoms with Crippen molar-refractivity contribution in [1.29, 1.82) is 0 Å². The molecule has 0 aromatic rings. The van der Waals surface area contributed by atoms with Crippen LogP contribution < -0.4 is 5.32 Å². The molecule has 0 saturated carbocycles. The van der Waals surface area contributed by atoms with E-state index >= 15 is 0 Å². The first-order chi connectivity index (χ1) is 7.24. The third-order valence-corrected chi connectivity index (χ3v) is 2.67. The Hall–Kier alpha value is -0.610. The number of amides is 1. The maximum absolute atomic E-state index is 11.8. The monoisotopic (exact) mass is 214 g/mol. The number of hydrogen-bond acceptors (Lipinski definition) is 3. The third kappa shape index (κ3) is 4.62. The number of ether oxygens (including phenoxy) is 1. The lowest BCUT2D eigenvalue weighted by Gasteiger charge is -2.28. The molecule has 1 saturated heterocycles. The summed E-state index contributed by atoms with van der Waals surface area (Å²) in [6.45, 7) is 6.43. The van der Waals surface area contributed by atoms with E-state index in [0.29, 0.717) is 12.3 Å². The van der Waals surface area contributed by atoms with Gasteiger partial charge in [-0.15, -0.1) is 0 Å². The Balaban J connectivity index is 2.37. The first-order valence-electron chi connectivity index (χ1n) is 5.71. The summed E-state index contributed by atoms with van der Waals surface area (Å²) in [5, 5.41) is 3.28. The summed E-state index contributed by atoms with van der Waals surface area (Å²) < 4.78 is 5.00. The molecule has 0 bridgehead atoms. The van der Waals surface area contributed by atoms with Gasteiger partial charge in [-0.05, 0) is 18.9 Å². The molecule has 1 heterocycles. The van der Waals surface area contributed by atoms with E-state index in [4.69, 9.17) is 4.74 Å². The summed E-state index contributed by atoms with van der Waals surface area (Å²) in [6, 6.07) is 0. The van der Waals surface area contributed by atoms with Crippen molar-refractivity contribution >= 4 is 5.91 Å². The van der Waals surface area contributed by atoms with Gasteiger partial charge >= 0.3 is 0 Å². The van der Waals surface area contributed by atoms with E-state index < -0.39 is 0 Å². The molecule has 0 aliphatic carbocycles. The highest BCUT2D eigenvalue weighted by molar-refractivity contribution is 5.76. The maximum atomic E-state index is 11.8. The van der Waals surface area contributed by atoms with Crippen LogP contribution in [-0.4, -0.2) is 50.7 Å². The topological polar surface area (TPSA) is 41.6 Å². The lowest BCUT2D eigenvalue weighted by Crippen LogP contribution is -2.42. The van der Waals surface area contributed by atoms with Gasteiger partial charge in [0.1, 0.15) is 0 Å². The average Bonchev–Trinajstić information content (AvgIpc) is 2.21. The normalized spacial score (nSPS) is 23.7. The van der Waals surface area contributed by atoms with Gasteiger partial charge in [-0.2, -0.15) is 0 Å². The molecule has 1 aliphatic rings. The minimum absolute atomic E-state index is 0.269. The smallest absolute Gasteiger partial charge is 0.223 e. The Morgan fingerprint density at radius 3 is 3.13 bits per heavy atom. The molecule has 1 rings (SSSR count). The van der Waals surface area contributed by atoms with Crippen LogP contribution in [0.4, 0.5) is 0 Å². The van der Waals surface area contributed by atoms with Crippen molar-refractivity contribution in [2.24, 2.45) is 5.92 Å². The Morgan fingerprint density at radius 1 is 1.60 bits per heavy atom. The van der Waals surface area contributed by atoms with Gasteiger partial charge in [0, 0.05) is 39.8 Å². The molecule has 15 heavy (non-hydrogen) atoms. The molecule has 1 atom stereocenters. The van der Waals surface area contributed by atoms with Gasteiger partial charge in [0.2, 0.25) is 5.91 Å². The summed E-state index contributed by atoms with van der Waals surface area (Å²) in [4.78, 5) is 13.7. The predicted octanol–water partition coefficient (Wildman–Crippen LogP) is 0.481. The summed E-state index contributed by atoms with van der Waals surface area (Å²) in [7, 11) is 1.70. The molecule has 1 fully saturated rings. The molecule has 0 spiro atoms. The molecule has 88 valence electrons. The maximum Gasteiger partial charge on any atom is 0.223 e. The zero-order valence-electron chi connectivity index (χ0n) is 9.79. The van der Waals surface area contributed by atoms with Crippen LogP contribution >= 0.6 is 0 Å². The quantitative estimate of drug-likeness (QED) is 0.692. The minimum atomic E-state index is 0.269. The Kier molecular flexibility index (Phi) is 5.65. The first-order valence-corrected chi connectivity index (χ1v) is 5.71. The summed E-state index contributed by atoms with van der Waals surface area (Å²) in [5.74, 6) is 0.807. The average molecular weight is 214 g/mol. The minimum Gasteiger partial charge on any atom is -0.385 e. The van der Waals surface area contributed by atoms with Crippen molar-refractivity contribution in [1.82, 2.24) is 10.2 Å². The predicted molar refractivity (Wildman–Crippen MR) is 59.7 cm³/mol. The second-order valence-electron chi connectivity index (χ2n) is 4.25. The number of rotatable bonds is 4. The molecule has 1 aliphatic heterocycles. The molecule has 1 N–H and O–H groups in total. The zero-order valence-corrected chi connectivity index (χ0v) is 9.79. The van der Waals surface area contributed by atoms with Crippen LogP contribution in [0.5, 0.6) is 0 Å². The van der Waals surface area contributed by atoms with Crippen molar-refractivity contribution < 1.29 is 9.53 Å². The van der Waals surface area contributed by atoms with Gasteiger partial charge in [0.15, 0.2) is 0 Å². The Labute approximate surface area is 92.0 Å². The largest absolute Gasteiger partial charge is 0.385 e. The van der Waals surface area contributed by atoms with E-state index in [-0.39, 0.29) is 5.91 Å². The lowest BCUT2D eigenvalue weighted by atomic mass is 10.1. The molecule has 0 aromatic carbocycles. The summed E-state index contributed by atoms with van der Waals surface area (Å²) in [5.41, 5.74) is 0. The van der Waals surface area contributed by atoms with E-state index in [0.717, 1.165) is 39.2 Å². The van der Waals surface area contributed by atoms with Gasteiger partial charge in [-0.25, -0.2) is 0 Å². The van der Waals surface area contributed by atoms with Crippen LogP contribution in [0, 0.1) is 5.92 Å². The van der Waals surface area contributed by atoms with E-state index in [2.05, 4.69) is 12.2 Å². The standard InChI is InChI=1S/C11H22N2O2/c1-10-8-12-5-4-11(14)13(9-10)6-3-7-15-2/h10,12H,3-9H2,1-2H3. The zero-order chi connectivity index (χ0) is 11.1. The van der Waals surface area contributed by atoms with Crippen molar-refractivity contribution in [3.05, 3.63) is 0 Å². The fraction of sp³-hybridized carbons (Fsp3) is 0.909. The van der Waals surface area contributed by atoms with Crippen molar-refractivity contribution in [2.45, 2.75) is 19.8 Å². The van der Waals surface area contributed by atoms with Crippen molar-refractivity contribution in [3.8, 4) is 0 Å². The van der Waals surface area contributed by atoms with E-state index in [1.807, 2.05) is 4.90 Å². The highest BCUT2D eigenvalue weighted by Gasteiger charge is 2.18. The van der Waals surface area contributed by atoms with Crippen LogP contribution in [0.1, 0.15) is 19.8 Å². The molecule has 4 heteroatoms. The van der Waals surface area contributed by atoms with E-state index in [1.54, 1.807) is 7.11 Å². The highest BCUT2D eigenvalue weighted by Crippen LogP contribution is 2.05. The van der Waals surface area contributed by atoms with Crippen LogP contribution in [0.15, 0.2) is 0 Å². The van der Waals surface area contributed by atoms with Gasteiger partial charge in [0.25, 0.3) is 0 Å². The summed E-state index contributed by atoms with van der Waals surface area (Å²) in [6.07, 6.45) is 1.56. The van der Waals surface area contributed by atoms with Gasteiger partial charge < -0.3 is 15.0 Å². The number of carbonyl (C=O) groups excluding carboxylic acids is 1. The van der Waals surface area contributed by atoms with Crippen LogP contribution in [-0.2, 0) is 9.53 Å². The Bertz CT molecular complexity index is 197. The number of nitrogens with one attached hydrogen (secondary N) is 1. The number of carbonyl (C=O) groups is 1. The number of methoxy groups -OCH3 is 1. The summed E-state index contributed by atoms with van der Waals surface area (Å²) >= 11 is 0. The van der Waals surface area contributed by atoms with Crippen LogP contribution in [0.2, 0.25) is 0 Å². The van der Waals surface area contributed by atoms with Gasteiger partial charge in [0.05, 0.1) is 0 Å². The fourth-order valence-electron chi connectivity index (χ4n) is 1.86. The molecule has 4 nitrogen and oxygen atoms in total. The van der Waals surface area contributed by atoms with E-state index in [9.17, 15) is 4.79 Å². The first kappa shape index (κ1) is 12.5. The second-order valence-corrected chi connectivity index (χ2v) is 4.25. The third-order valence-electron chi connectivity index (χ3n) is 2.67. The van der Waals surface area contributed by atoms with Gasteiger partial charge in [-0.3, -0.25) is 4.79 Å². The molecule has 1 unspecified atom stereocenters. The molecule has 1 amide bonds. The fourth-order valence-corrected chi connectivity index (χ4v) is 1.86. The highest BCUT2D eigenvalue weighted by atomic mass is 16.5. The van der Waals surface area contributed by atoms with Crippen LogP contribution in [0.3, 0.4) is 0 Å². The van der Waals surface area contributed by atoms with Crippen LogP contribution in [0.25, 0.3) is 0 Å². The molecular weight excluding hydrogens is 192 g/mol. The van der Waals surface area contributed by atoms with E-state index in [1.165, 1.54) is 0 Å². The lowest BCUT2D eigenvalue weighted by molar-refractivity contribution is -0.132. The van der Waals surface area contributed by atoms with Crippen molar-refractivity contribution in [2.75, 3.05) is 39.9 Å². The molecule has 0 aromatic heterocycles.